The van der Waals surface area contributed by atoms with Crippen molar-refractivity contribution in [2.45, 2.75) is 25.1 Å². The van der Waals surface area contributed by atoms with E-state index in [9.17, 15) is 22.8 Å². The summed E-state index contributed by atoms with van der Waals surface area (Å²) in [7, 11) is 0. The van der Waals surface area contributed by atoms with E-state index in [2.05, 4.69) is 30.6 Å². The average Bonchev–Trinajstić information content (AvgIpc) is 2.97. The van der Waals surface area contributed by atoms with Crippen LogP contribution in [0.3, 0.4) is 0 Å². The first-order valence-electron chi connectivity index (χ1n) is 13.1. The summed E-state index contributed by atoms with van der Waals surface area (Å²) in [5.41, 5.74) is 4.36. The van der Waals surface area contributed by atoms with Gasteiger partial charge in [-0.25, -0.2) is 24.7 Å². The van der Waals surface area contributed by atoms with Gasteiger partial charge in [-0.15, -0.1) is 0 Å². The lowest BCUT2D eigenvalue weighted by molar-refractivity contribution is -0.137. The van der Waals surface area contributed by atoms with Crippen LogP contribution in [0.15, 0.2) is 36.7 Å². The molecule has 16 heteroatoms. The molecule has 0 spiro atoms. The molecule has 5 heterocycles. The minimum atomic E-state index is -4.74. The normalized spacial score (nSPS) is 16.3. The van der Waals surface area contributed by atoms with Gasteiger partial charge in [0.2, 0.25) is 0 Å². The van der Waals surface area contributed by atoms with Crippen molar-refractivity contribution < 1.29 is 32.6 Å². The van der Waals surface area contributed by atoms with Crippen molar-refractivity contribution in [3.63, 3.8) is 0 Å². The number of nitrogens with zero attached hydrogens (tertiary/aromatic N) is 6. The molecule has 0 aliphatic carbocycles. The average molecular weight is 588 g/mol. The molecular formula is C26H28F3N9O4. The molecule has 3 aromatic heterocycles. The highest BCUT2D eigenvalue weighted by atomic mass is 19.4. The number of amides is 2. The number of pyridine rings is 2. The number of carbonyl (C=O) groups excluding carboxylic acids is 1. The van der Waals surface area contributed by atoms with E-state index in [1.165, 1.54) is 12.3 Å². The number of carboxylic acid groups (broad SMARTS) is 1. The summed E-state index contributed by atoms with van der Waals surface area (Å²) < 4.78 is 47.2. The second-order valence-corrected chi connectivity index (χ2v) is 9.69. The number of hydrogen-bond donors (Lipinski definition) is 4. The Morgan fingerprint density at radius 3 is 2.45 bits per heavy atom. The SMILES string of the molecule is Nc1ncc(-c2nc(N3CCOCC3)ccc2C(F)(F)F)nc1C(=O)Nc1ncccc1N1CCC(NC(=O)O)CC1. The molecule has 42 heavy (non-hydrogen) atoms. The first kappa shape index (κ1) is 28.8. The predicted molar refractivity (Wildman–Crippen MR) is 146 cm³/mol. The number of nitrogens with one attached hydrogen (secondary N) is 2. The van der Waals surface area contributed by atoms with Gasteiger partial charge in [0.15, 0.2) is 17.3 Å². The quantitative estimate of drug-likeness (QED) is 0.334. The standard InChI is InChI=1S/C26H28F3N9O4/c27-26(28,29)16-3-4-19(38-10-12-42-13-11-38)35-20(16)17-14-32-22(30)21(34-17)24(39)36-23-18(2-1-7-31-23)37-8-5-15(6-9-37)33-25(40)41/h1-4,7,14-15,33H,5-6,8-13H2,(H2,30,32)(H,40,41)(H,31,36,39). The van der Waals surface area contributed by atoms with E-state index < -0.39 is 29.4 Å². The zero-order chi connectivity index (χ0) is 29.9. The molecule has 2 aliphatic rings. The van der Waals surface area contributed by atoms with Gasteiger partial charge in [-0.1, -0.05) is 0 Å². The molecule has 0 radical (unpaired) electrons. The third-order valence-electron chi connectivity index (χ3n) is 6.96. The van der Waals surface area contributed by atoms with Crippen LogP contribution in [-0.2, 0) is 10.9 Å². The van der Waals surface area contributed by atoms with E-state index in [-0.39, 0.29) is 29.1 Å². The number of rotatable bonds is 6. The molecule has 0 bridgehead atoms. The third-order valence-corrected chi connectivity index (χ3v) is 6.96. The van der Waals surface area contributed by atoms with E-state index in [0.717, 1.165) is 12.3 Å². The van der Waals surface area contributed by atoms with Gasteiger partial charge in [-0.2, -0.15) is 13.2 Å². The first-order valence-corrected chi connectivity index (χ1v) is 13.1. The number of carbonyl (C=O) groups is 2. The number of ether oxygens (including phenoxy) is 1. The summed E-state index contributed by atoms with van der Waals surface area (Å²) in [5, 5.41) is 14.1. The van der Waals surface area contributed by atoms with Gasteiger partial charge in [0.1, 0.15) is 17.2 Å². The minimum absolute atomic E-state index is 0.183. The van der Waals surface area contributed by atoms with Crippen molar-refractivity contribution in [3.8, 4) is 11.4 Å². The highest BCUT2D eigenvalue weighted by molar-refractivity contribution is 6.06. The van der Waals surface area contributed by atoms with Crippen molar-refractivity contribution in [2.75, 3.05) is 60.2 Å². The van der Waals surface area contributed by atoms with E-state index in [0.29, 0.717) is 63.7 Å². The van der Waals surface area contributed by atoms with Crippen LogP contribution in [0.1, 0.15) is 28.9 Å². The van der Waals surface area contributed by atoms with E-state index >= 15 is 0 Å². The topological polar surface area (TPSA) is 172 Å². The minimum Gasteiger partial charge on any atom is -0.465 e. The number of hydrogen-bond acceptors (Lipinski definition) is 10. The Labute approximate surface area is 237 Å². The molecule has 2 amide bonds. The Balaban J connectivity index is 1.42. The maximum atomic E-state index is 14.0. The lowest BCUT2D eigenvalue weighted by Gasteiger charge is -2.34. The Morgan fingerprint density at radius 1 is 1.02 bits per heavy atom. The van der Waals surface area contributed by atoms with Gasteiger partial charge >= 0.3 is 12.3 Å². The van der Waals surface area contributed by atoms with Crippen LogP contribution in [-0.4, -0.2) is 82.5 Å². The molecule has 0 atom stereocenters. The number of morpholine rings is 1. The molecule has 5 N–H and O–H groups in total. The molecule has 2 saturated heterocycles. The van der Waals surface area contributed by atoms with E-state index in [1.54, 1.807) is 17.0 Å². The Morgan fingerprint density at radius 2 is 1.76 bits per heavy atom. The molecule has 0 aromatic carbocycles. The number of aromatic nitrogens is 4. The third kappa shape index (κ3) is 6.43. The second kappa shape index (κ2) is 12.0. The van der Waals surface area contributed by atoms with Gasteiger partial charge in [-0.05, 0) is 37.1 Å². The number of nitrogens with two attached hydrogens (primary N) is 1. The van der Waals surface area contributed by atoms with Crippen molar-refractivity contribution in [3.05, 3.63) is 47.9 Å². The van der Waals surface area contributed by atoms with Crippen LogP contribution >= 0.6 is 0 Å². The van der Waals surface area contributed by atoms with Crippen LogP contribution < -0.4 is 26.2 Å². The molecular weight excluding hydrogens is 559 g/mol. The van der Waals surface area contributed by atoms with Crippen LogP contribution in [0.5, 0.6) is 0 Å². The molecule has 0 unspecified atom stereocenters. The largest absolute Gasteiger partial charge is 0.465 e. The van der Waals surface area contributed by atoms with Gasteiger partial charge in [0.05, 0.1) is 30.7 Å². The van der Waals surface area contributed by atoms with Crippen molar-refractivity contribution >= 4 is 35.1 Å². The Kier molecular flexibility index (Phi) is 8.24. The zero-order valence-corrected chi connectivity index (χ0v) is 22.3. The molecule has 3 aromatic rings. The van der Waals surface area contributed by atoms with Crippen LogP contribution in [0.2, 0.25) is 0 Å². The fourth-order valence-electron chi connectivity index (χ4n) is 4.88. The molecule has 2 fully saturated rings. The summed E-state index contributed by atoms with van der Waals surface area (Å²) in [6.45, 7) is 2.75. The fourth-order valence-corrected chi connectivity index (χ4v) is 4.88. The maximum absolute atomic E-state index is 14.0. The summed E-state index contributed by atoms with van der Waals surface area (Å²) in [4.78, 5) is 44.7. The number of piperidine rings is 1. The van der Waals surface area contributed by atoms with Gasteiger partial charge in [0, 0.05) is 38.4 Å². The first-order chi connectivity index (χ1) is 20.1. The zero-order valence-electron chi connectivity index (χ0n) is 22.3. The lowest BCUT2D eigenvalue weighted by Crippen LogP contribution is -2.44. The van der Waals surface area contributed by atoms with Crippen LogP contribution in [0.25, 0.3) is 11.4 Å². The highest BCUT2D eigenvalue weighted by Gasteiger charge is 2.36. The number of anilines is 4. The number of alkyl halides is 3. The second-order valence-electron chi connectivity index (χ2n) is 9.69. The lowest BCUT2D eigenvalue weighted by atomic mass is 10.0. The summed E-state index contributed by atoms with van der Waals surface area (Å²) in [6.07, 6.45) is -2.21. The van der Waals surface area contributed by atoms with Crippen LogP contribution in [0.4, 0.5) is 41.1 Å². The van der Waals surface area contributed by atoms with Gasteiger partial charge in [-0.3, -0.25) is 4.79 Å². The van der Waals surface area contributed by atoms with E-state index in [1.807, 2.05) is 4.90 Å². The number of nitrogen functional groups attached to an aromatic ring is 1. The summed E-state index contributed by atoms with van der Waals surface area (Å²) in [6, 6.07) is 5.46. The number of halogens is 3. The summed E-state index contributed by atoms with van der Waals surface area (Å²) >= 11 is 0. The Bertz CT molecular complexity index is 1460. The predicted octanol–water partition coefficient (Wildman–Crippen LogP) is 2.86. The van der Waals surface area contributed by atoms with Crippen molar-refractivity contribution in [1.82, 2.24) is 25.3 Å². The fraction of sp³-hybridized carbons (Fsp3) is 0.385. The molecule has 222 valence electrons. The smallest absolute Gasteiger partial charge is 0.418 e. The van der Waals surface area contributed by atoms with Crippen molar-refractivity contribution in [2.24, 2.45) is 0 Å². The highest BCUT2D eigenvalue weighted by Crippen LogP contribution is 2.37. The molecule has 2 aliphatic heterocycles. The molecule has 5 rings (SSSR count). The van der Waals surface area contributed by atoms with Crippen molar-refractivity contribution in [1.29, 1.82) is 0 Å². The van der Waals surface area contributed by atoms with Crippen LogP contribution in [0, 0.1) is 0 Å². The summed E-state index contributed by atoms with van der Waals surface area (Å²) in [5.74, 6) is -0.608. The van der Waals surface area contributed by atoms with E-state index in [4.69, 9.17) is 15.6 Å². The Hall–Kier alpha value is -4.73. The molecule has 13 nitrogen and oxygen atoms in total. The monoisotopic (exact) mass is 587 g/mol. The maximum Gasteiger partial charge on any atom is 0.418 e. The van der Waals surface area contributed by atoms with Gasteiger partial charge < -0.3 is 36.0 Å². The molecule has 0 saturated carbocycles. The van der Waals surface area contributed by atoms with Gasteiger partial charge in [0.25, 0.3) is 5.91 Å².